The van der Waals surface area contributed by atoms with E-state index in [1.165, 1.54) is 11.3 Å². The number of anilines is 1. The predicted octanol–water partition coefficient (Wildman–Crippen LogP) is 3.38. The lowest BCUT2D eigenvalue weighted by atomic mass is 9.99. The Balaban J connectivity index is 1.63. The number of carbonyl (C=O) groups is 2. The van der Waals surface area contributed by atoms with Gasteiger partial charge in [-0.3, -0.25) is 9.59 Å². The molecule has 1 aromatic carbocycles. The summed E-state index contributed by atoms with van der Waals surface area (Å²) in [6.07, 6.45) is 2.26. The third-order valence-electron chi connectivity index (χ3n) is 4.17. The van der Waals surface area contributed by atoms with Crippen molar-refractivity contribution < 1.29 is 9.59 Å². The molecule has 7 heteroatoms. The molecule has 1 saturated heterocycles. The number of rotatable bonds is 5. The molecule has 3 N–H and O–H groups in total. The molecule has 2 amide bonds. The maximum Gasteiger partial charge on any atom is 0.265 e. The van der Waals surface area contributed by atoms with E-state index >= 15 is 0 Å². The van der Waals surface area contributed by atoms with Crippen LogP contribution < -0.4 is 16.0 Å². The normalized spacial score (nSPS) is 17.1. The summed E-state index contributed by atoms with van der Waals surface area (Å²) in [5.41, 5.74) is 0.918. The van der Waals surface area contributed by atoms with Crippen LogP contribution in [0.25, 0.3) is 0 Å². The fourth-order valence-electron chi connectivity index (χ4n) is 2.79. The molecule has 1 atom stereocenters. The number of halogens is 1. The third-order valence-corrected chi connectivity index (χ3v) is 5.37. The maximum atomic E-state index is 12.4. The SMILES string of the molecule is O=C(NCC1CCCNC1)c1ccc(Cl)c(NC(=O)c2cccs2)c1. The van der Waals surface area contributed by atoms with Gasteiger partial charge in [-0.25, -0.2) is 0 Å². The van der Waals surface area contributed by atoms with Crippen LogP contribution in [-0.4, -0.2) is 31.4 Å². The Labute approximate surface area is 155 Å². The number of thiophene rings is 1. The second-order valence-corrected chi connectivity index (χ2v) is 7.40. The van der Waals surface area contributed by atoms with Gasteiger partial charge in [0, 0.05) is 12.1 Å². The minimum atomic E-state index is -0.234. The fraction of sp³-hybridized carbons (Fsp3) is 0.333. The lowest BCUT2D eigenvalue weighted by Crippen LogP contribution is -2.38. The Morgan fingerprint density at radius 1 is 1.28 bits per heavy atom. The van der Waals surface area contributed by atoms with E-state index in [1.54, 1.807) is 24.3 Å². The topological polar surface area (TPSA) is 70.2 Å². The summed E-state index contributed by atoms with van der Waals surface area (Å²) in [6, 6.07) is 8.45. The highest BCUT2D eigenvalue weighted by atomic mass is 35.5. The van der Waals surface area contributed by atoms with E-state index in [1.807, 2.05) is 11.4 Å². The first-order valence-electron chi connectivity index (χ1n) is 8.27. The van der Waals surface area contributed by atoms with Crippen molar-refractivity contribution in [2.45, 2.75) is 12.8 Å². The lowest BCUT2D eigenvalue weighted by Gasteiger charge is -2.22. The first kappa shape index (κ1) is 17.9. The quantitative estimate of drug-likeness (QED) is 0.748. The van der Waals surface area contributed by atoms with E-state index < -0.39 is 0 Å². The fourth-order valence-corrected chi connectivity index (χ4v) is 3.58. The van der Waals surface area contributed by atoms with E-state index in [9.17, 15) is 9.59 Å². The van der Waals surface area contributed by atoms with Crippen molar-refractivity contribution in [3.8, 4) is 0 Å². The Bertz CT molecular complexity index is 743. The van der Waals surface area contributed by atoms with Crippen LogP contribution in [0.5, 0.6) is 0 Å². The summed E-state index contributed by atoms with van der Waals surface area (Å²) >= 11 is 7.50. The summed E-state index contributed by atoms with van der Waals surface area (Å²) in [5.74, 6) is 0.0691. The number of benzene rings is 1. The predicted molar refractivity (Wildman–Crippen MR) is 102 cm³/mol. The van der Waals surface area contributed by atoms with E-state index in [0.717, 1.165) is 25.9 Å². The zero-order valence-electron chi connectivity index (χ0n) is 13.7. The molecule has 2 heterocycles. The molecule has 1 unspecified atom stereocenters. The highest BCUT2D eigenvalue weighted by Gasteiger charge is 2.16. The van der Waals surface area contributed by atoms with Crippen LogP contribution in [0.3, 0.4) is 0 Å². The second-order valence-electron chi connectivity index (χ2n) is 6.05. The zero-order valence-corrected chi connectivity index (χ0v) is 15.3. The van der Waals surface area contributed by atoms with Crippen molar-refractivity contribution in [1.29, 1.82) is 0 Å². The molecular formula is C18H20ClN3O2S. The Hall–Kier alpha value is -1.89. The van der Waals surface area contributed by atoms with E-state index in [2.05, 4.69) is 16.0 Å². The van der Waals surface area contributed by atoms with Crippen LogP contribution in [0.2, 0.25) is 5.02 Å². The molecule has 1 aromatic heterocycles. The molecule has 0 aliphatic carbocycles. The highest BCUT2D eigenvalue weighted by Crippen LogP contribution is 2.24. The van der Waals surface area contributed by atoms with Gasteiger partial charge in [-0.15, -0.1) is 11.3 Å². The Kier molecular flexibility index (Phi) is 6.07. The number of carbonyl (C=O) groups excluding carboxylic acids is 2. The molecule has 25 heavy (non-hydrogen) atoms. The molecule has 0 saturated carbocycles. The van der Waals surface area contributed by atoms with Crippen molar-refractivity contribution in [3.05, 3.63) is 51.2 Å². The van der Waals surface area contributed by atoms with Crippen LogP contribution in [0.1, 0.15) is 32.9 Å². The third kappa shape index (κ3) is 4.81. The van der Waals surface area contributed by atoms with Crippen molar-refractivity contribution in [2.24, 2.45) is 5.92 Å². The van der Waals surface area contributed by atoms with Crippen LogP contribution in [-0.2, 0) is 0 Å². The molecule has 1 aliphatic heterocycles. The van der Waals surface area contributed by atoms with Crippen molar-refractivity contribution in [1.82, 2.24) is 10.6 Å². The summed E-state index contributed by atoms with van der Waals surface area (Å²) in [4.78, 5) is 25.1. The maximum absolute atomic E-state index is 12.4. The number of hydrogen-bond donors (Lipinski definition) is 3. The summed E-state index contributed by atoms with van der Waals surface area (Å²) < 4.78 is 0. The molecule has 1 fully saturated rings. The van der Waals surface area contributed by atoms with Gasteiger partial charge in [-0.2, -0.15) is 0 Å². The van der Waals surface area contributed by atoms with Gasteiger partial charge in [0.2, 0.25) is 0 Å². The van der Waals surface area contributed by atoms with Crippen LogP contribution in [0.4, 0.5) is 5.69 Å². The molecule has 5 nitrogen and oxygen atoms in total. The van der Waals surface area contributed by atoms with E-state index in [-0.39, 0.29) is 11.8 Å². The smallest absolute Gasteiger partial charge is 0.265 e. The van der Waals surface area contributed by atoms with Gasteiger partial charge in [0.15, 0.2) is 0 Å². The van der Waals surface area contributed by atoms with Gasteiger partial charge in [0.1, 0.15) is 0 Å². The van der Waals surface area contributed by atoms with Crippen molar-refractivity contribution in [2.75, 3.05) is 25.0 Å². The second kappa shape index (κ2) is 8.47. The largest absolute Gasteiger partial charge is 0.352 e. The summed E-state index contributed by atoms with van der Waals surface area (Å²) in [7, 11) is 0. The van der Waals surface area contributed by atoms with Gasteiger partial charge in [-0.1, -0.05) is 17.7 Å². The van der Waals surface area contributed by atoms with Crippen LogP contribution >= 0.6 is 22.9 Å². The first-order valence-corrected chi connectivity index (χ1v) is 9.52. The number of piperidine rings is 1. The Morgan fingerprint density at radius 3 is 2.88 bits per heavy atom. The van der Waals surface area contributed by atoms with Gasteiger partial charge in [-0.05, 0) is 61.5 Å². The molecular weight excluding hydrogens is 358 g/mol. The monoisotopic (exact) mass is 377 g/mol. The zero-order chi connectivity index (χ0) is 17.6. The highest BCUT2D eigenvalue weighted by molar-refractivity contribution is 7.12. The molecule has 2 aromatic rings. The average Bonchev–Trinajstić information content (AvgIpc) is 3.17. The Morgan fingerprint density at radius 2 is 2.16 bits per heavy atom. The van der Waals surface area contributed by atoms with Crippen LogP contribution in [0.15, 0.2) is 35.7 Å². The van der Waals surface area contributed by atoms with Gasteiger partial charge < -0.3 is 16.0 Å². The number of nitrogens with one attached hydrogen (secondary N) is 3. The van der Waals surface area contributed by atoms with Crippen molar-refractivity contribution >= 4 is 40.4 Å². The van der Waals surface area contributed by atoms with Gasteiger partial charge in [0.25, 0.3) is 11.8 Å². The van der Waals surface area contributed by atoms with Crippen LogP contribution in [0, 0.1) is 5.92 Å². The molecule has 1 aliphatic rings. The average molecular weight is 378 g/mol. The minimum Gasteiger partial charge on any atom is -0.352 e. The number of hydrogen-bond acceptors (Lipinski definition) is 4. The number of amides is 2. The van der Waals surface area contributed by atoms with Crippen molar-refractivity contribution in [3.63, 3.8) is 0 Å². The molecule has 0 bridgehead atoms. The molecule has 0 spiro atoms. The van der Waals surface area contributed by atoms with Gasteiger partial charge >= 0.3 is 0 Å². The van der Waals surface area contributed by atoms with E-state index in [0.29, 0.717) is 33.6 Å². The molecule has 3 rings (SSSR count). The first-order chi connectivity index (χ1) is 12.1. The molecule has 132 valence electrons. The molecule has 0 radical (unpaired) electrons. The lowest BCUT2D eigenvalue weighted by molar-refractivity contribution is 0.0943. The summed E-state index contributed by atoms with van der Waals surface area (Å²) in [5, 5.41) is 11.3. The van der Waals surface area contributed by atoms with Gasteiger partial charge in [0.05, 0.1) is 15.6 Å². The standard InChI is InChI=1S/C18H20ClN3O2S/c19-14-6-5-13(17(23)21-11-12-3-1-7-20-10-12)9-15(14)22-18(24)16-4-2-8-25-16/h2,4-6,8-9,12,20H,1,3,7,10-11H2,(H,21,23)(H,22,24). The summed E-state index contributed by atoms with van der Waals surface area (Å²) in [6.45, 7) is 2.63. The minimum absolute atomic E-state index is 0.158. The van der Waals surface area contributed by atoms with E-state index in [4.69, 9.17) is 11.6 Å².